The van der Waals surface area contributed by atoms with Crippen molar-refractivity contribution in [1.29, 1.82) is 5.26 Å². The first-order valence-electron chi connectivity index (χ1n) is 5.22. The lowest BCUT2D eigenvalue weighted by atomic mass is 10.0. The number of ketones is 1. The van der Waals surface area contributed by atoms with Crippen LogP contribution in [0.4, 0.5) is 14.5 Å². The quantitative estimate of drug-likeness (QED) is 0.680. The van der Waals surface area contributed by atoms with Crippen LogP contribution in [0.3, 0.4) is 0 Å². The van der Waals surface area contributed by atoms with Crippen LogP contribution >= 0.6 is 12.2 Å². The maximum atomic E-state index is 13.4. The van der Waals surface area contributed by atoms with Gasteiger partial charge in [-0.25, -0.2) is 8.78 Å². The number of rotatable bonds is 4. The van der Waals surface area contributed by atoms with Crippen molar-refractivity contribution in [2.45, 2.75) is 6.92 Å². The van der Waals surface area contributed by atoms with E-state index in [-0.39, 0.29) is 16.2 Å². The fraction of sp³-hybridized carbons (Fsp3) is 0.154. The number of carbonyl (C=O) groups is 1. The molecule has 0 spiro atoms. The molecule has 0 aliphatic rings. The number of carbonyl (C=O) groups excluding carboxylic acids is 1. The number of allylic oxidation sites excluding steroid dienone is 1. The van der Waals surface area contributed by atoms with Gasteiger partial charge in [-0.2, -0.15) is 5.26 Å². The minimum absolute atomic E-state index is 0.0961. The lowest BCUT2D eigenvalue weighted by molar-refractivity contribution is -0.116. The minimum atomic E-state index is -1.24. The molecule has 0 aliphatic heterocycles. The summed E-state index contributed by atoms with van der Waals surface area (Å²) in [5, 5.41) is 11.3. The fourth-order valence-electron chi connectivity index (χ4n) is 1.28. The highest BCUT2D eigenvalue weighted by Crippen LogP contribution is 2.17. The van der Waals surface area contributed by atoms with Gasteiger partial charge >= 0.3 is 0 Å². The Hall–Kier alpha value is -2.13. The van der Waals surface area contributed by atoms with Crippen molar-refractivity contribution in [2.75, 3.05) is 5.32 Å². The maximum Gasteiger partial charge on any atom is 0.182 e. The number of Topliss-reactive ketones (excluding diaryl/α,β-unsaturated/α-hetero) is 1. The summed E-state index contributed by atoms with van der Waals surface area (Å²) in [6, 6.07) is 4.57. The first-order chi connectivity index (χ1) is 8.86. The van der Waals surface area contributed by atoms with Crippen LogP contribution in [-0.2, 0) is 4.79 Å². The predicted octanol–water partition coefficient (Wildman–Crippen LogP) is 2.99. The van der Waals surface area contributed by atoms with Crippen LogP contribution in [0.2, 0.25) is 0 Å². The molecule has 0 fully saturated rings. The van der Waals surface area contributed by atoms with Crippen molar-refractivity contribution >= 4 is 28.7 Å². The largest absolute Gasteiger partial charge is 0.346 e. The summed E-state index contributed by atoms with van der Waals surface area (Å²) in [6.07, 6.45) is 0. The molecule has 6 heteroatoms. The van der Waals surface area contributed by atoms with Crippen molar-refractivity contribution in [3.63, 3.8) is 0 Å². The van der Waals surface area contributed by atoms with Crippen LogP contribution in [0, 0.1) is 28.9 Å². The number of hydrogen-bond acceptors (Lipinski definition) is 3. The van der Waals surface area contributed by atoms with Crippen LogP contribution in [0.1, 0.15) is 6.92 Å². The second kappa shape index (κ2) is 6.16. The maximum absolute atomic E-state index is 13.4. The Morgan fingerprint density at radius 1 is 1.53 bits per heavy atom. The average Bonchev–Trinajstić information content (AvgIpc) is 2.33. The van der Waals surface area contributed by atoms with Gasteiger partial charge in [-0.3, -0.25) is 4.79 Å². The molecule has 0 heterocycles. The van der Waals surface area contributed by atoms with Gasteiger partial charge in [0.15, 0.2) is 11.7 Å². The fourth-order valence-corrected chi connectivity index (χ4v) is 1.55. The standard InChI is InChI=1S/C13H10F2N2OS/c1-7(2)12(18)9(6-16)13(19)17-11-4-3-8(14)5-10(11)15/h3-5,9H,1H2,2H3,(H,17,19). The third kappa shape index (κ3) is 3.66. The highest BCUT2D eigenvalue weighted by molar-refractivity contribution is 7.80. The molecule has 0 saturated carbocycles. The van der Waals surface area contributed by atoms with Gasteiger partial charge in [-0.1, -0.05) is 18.8 Å². The van der Waals surface area contributed by atoms with E-state index in [1.54, 1.807) is 6.07 Å². The van der Waals surface area contributed by atoms with Crippen molar-refractivity contribution in [1.82, 2.24) is 0 Å². The van der Waals surface area contributed by atoms with Crippen molar-refractivity contribution in [3.8, 4) is 6.07 Å². The zero-order valence-corrected chi connectivity index (χ0v) is 10.9. The summed E-state index contributed by atoms with van der Waals surface area (Å²) in [5.74, 6) is -3.37. The third-order valence-electron chi connectivity index (χ3n) is 2.26. The van der Waals surface area contributed by atoms with Gasteiger partial charge < -0.3 is 5.32 Å². The van der Waals surface area contributed by atoms with Gasteiger partial charge in [-0.15, -0.1) is 0 Å². The average molecular weight is 280 g/mol. The number of benzene rings is 1. The van der Waals surface area contributed by atoms with Crippen LogP contribution < -0.4 is 5.32 Å². The summed E-state index contributed by atoms with van der Waals surface area (Å²) < 4.78 is 26.1. The summed E-state index contributed by atoms with van der Waals surface area (Å²) >= 11 is 4.89. The molecular formula is C13H10F2N2OS. The van der Waals surface area contributed by atoms with E-state index in [9.17, 15) is 13.6 Å². The molecule has 0 radical (unpaired) electrons. The number of anilines is 1. The number of nitriles is 1. The Bertz CT molecular complexity index is 593. The van der Waals surface area contributed by atoms with E-state index < -0.39 is 23.3 Å². The van der Waals surface area contributed by atoms with E-state index in [1.165, 1.54) is 6.92 Å². The SMILES string of the molecule is C=C(C)C(=O)C(C#N)C(=S)Nc1ccc(F)cc1F. The van der Waals surface area contributed by atoms with Crippen molar-refractivity contribution in [3.05, 3.63) is 42.0 Å². The molecule has 3 nitrogen and oxygen atoms in total. The monoisotopic (exact) mass is 280 g/mol. The Morgan fingerprint density at radius 3 is 2.63 bits per heavy atom. The number of thiocarbonyl (C=S) groups is 1. The molecule has 0 aliphatic carbocycles. The molecule has 0 aromatic heterocycles. The summed E-state index contributed by atoms with van der Waals surface area (Å²) in [7, 11) is 0. The molecule has 1 N–H and O–H groups in total. The van der Waals surface area contributed by atoms with Crippen molar-refractivity contribution in [2.24, 2.45) is 5.92 Å². The van der Waals surface area contributed by atoms with Crippen LogP contribution in [0.15, 0.2) is 30.4 Å². The number of nitrogens with one attached hydrogen (secondary N) is 1. The molecule has 98 valence electrons. The van der Waals surface area contributed by atoms with Gasteiger partial charge in [0, 0.05) is 6.07 Å². The second-order valence-corrected chi connectivity index (χ2v) is 4.26. The van der Waals surface area contributed by atoms with E-state index in [4.69, 9.17) is 17.5 Å². The molecule has 1 unspecified atom stereocenters. The van der Waals surface area contributed by atoms with Crippen LogP contribution in [0.25, 0.3) is 0 Å². The van der Waals surface area contributed by atoms with Gasteiger partial charge in [-0.05, 0) is 24.6 Å². The molecule has 1 atom stereocenters. The minimum Gasteiger partial charge on any atom is -0.346 e. The first kappa shape index (κ1) is 14.9. The van der Waals surface area contributed by atoms with E-state index in [0.29, 0.717) is 6.07 Å². The normalized spacial score (nSPS) is 11.3. The number of hydrogen-bond donors (Lipinski definition) is 1. The summed E-state index contributed by atoms with van der Waals surface area (Å²) in [4.78, 5) is 11.5. The smallest absolute Gasteiger partial charge is 0.182 e. The van der Waals surface area contributed by atoms with Crippen molar-refractivity contribution < 1.29 is 13.6 Å². The number of halogens is 2. The van der Waals surface area contributed by atoms with Gasteiger partial charge in [0.05, 0.1) is 11.8 Å². The highest BCUT2D eigenvalue weighted by Gasteiger charge is 2.24. The van der Waals surface area contributed by atoms with Gasteiger partial charge in [0.25, 0.3) is 0 Å². The molecular weight excluding hydrogens is 270 g/mol. The van der Waals surface area contributed by atoms with Crippen LogP contribution in [0.5, 0.6) is 0 Å². The summed E-state index contributed by atoms with van der Waals surface area (Å²) in [5.41, 5.74) is 0.0800. The molecule has 0 saturated heterocycles. The highest BCUT2D eigenvalue weighted by atomic mass is 32.1. The molecule has 1 rings (SSSR count). The Morgan fingerprint density at radius 2 is 2.16 bits per heavy atom. The molecule has 0 bridgehead atoms. The zero-order chi connectivity index (χ0) is 14.6. The third-order valence-corrected chi connectivity index (χ3v) is 2.60. The van der Waals surface area contributed by atoms with Crippen LogP contribution in [-0.4, -0.2) is 10.8 Å². The molecule has 0 amide bonds. The lowest BCUT2D eigenvalue weighted by Crippen LogP contribution is -2.27. The second-order valence-electron chi connectivity index (χ2n) is 3.82. The zero-order valence-electron chi connectivity index (χ0n) is 10.0. The van der Waals surface area contributed by atoms with E-state index in [1.807, 2.05) is 0 Å². The van der Waals surface area contributed by atoms with E-state index >= 15 is 0 Å². The lowest BCUT2D eigenvalue weighted by Gasteiger charge is -2.12. The number of nitrogens with zero attached hydrogens (tertiary/aromatic N) is 1. The molecule has 1 aromatic carbocycles. The van der Waals surface area contributed by atoms with E-state index in [2.05, 4.69) is 11.9 Å². The van der Waals surface area contributed by atoms with Gasteiger partial charge in [0.2, 0.25) is 0 Å². The molecule has 19 heavy (non-hydrogen) atoms. The van der Waals surface area contributed by atoms with E-state index in [0.717, 1.165) is 12.1 Å². The Balaban J connectivity index is 2.93. The Labute approximate surface area is 114 Å². The van der Waals surface area contributed by atoms with Gasteiger partial charge in [0.1, 0.15) is 16.6 Å². The summed E-state index contributed by atoms with van der Waals surface area (Å²) in [6.45, 7) is 4.88. The Kier molecular flexibility index (Phi) is 4.84. The molecule has 1 aromatic rings. The predicted molar refractivity (Wildman–Crippen MR) is 71.5 cm³/mol. The first-order valence-corrected chi connectivity index (χ1v) is 5.63. The topological polar surface area (TPSA) is 52.9 Å².